The van der Waals surface area contributed by atoms with E-state index in [1.54, 1.807) is 18.3 Å². The summed E-state index contributed by atoms with van der Waals surface area (Å²) in [6, 6.07) is 7.85. The van der Waals surface area contributed by atoms with Gasteiger partial charge in [0, 0.05) is 18.0 Å². The zero-order chi connectivity index (χ0) is 14.6. The van der Waals surface area contributed by atoms with Crippen molar-refractivity contribution < 1.29 is 18.0 Å². The molecule has 0 atom stereocenters. The summed E-state index contributed by atoms with van der Waals surface area (Å²) in [7, 11) is 0. The van der Waals surface area contributed by atoms with Crippen LogP contribution in [0.25, 0.3) is 6.08 Å². The molecule has 102 valence electrons. The van der Waals surface area contributed by atoms with E-state index in [1.807, 2.05) is 0 Å². The van der Waals surface area contributed by atoms with E-state index >= 15 is 0 Å². The minimum atomic E-state index is -4.35. The molecule has 0 amide bonds. The Kier molecular flexibility index (Phi) is 3.98. The molecule has 1 aromatic heterocycles. The number of nitrogens with zero attached hydrogens (tertiary/aromatic N) is 1. The molecule has 5 heteroatoms. The summed E-state index contributed by atoms with van der Waals surface area (Å²) in [4.78, 5) is 15.6. The fourth-order valence-electron chi connectivity index (χ4n) is 1.56. The molecule has 0 unspecified atom stereocenters. The van der Waals surface area contributed by atoms with Gasteiger partial charge in [-0.15, -0.1) is 0 Å². The Bertz CT molecular complexity index is 616. The average Bonchev–Trinajstić information content (AvgIpc) is 2.45. The van der Waals surface area contributed by atoms with E-state index in [0.29, 0.717) is 11.1 Å². The van der Waals surface area contributed by atoms with Gasteiger partial charge in [0.05, 0.1) is 5.56 Å². The first kappa shape index (κ1) is 14.0. The minimum absolute atomic E-state index is 0.252. The van der Waals surface area contributed by atoms with Gasteiger partial charge in [-0.2, -0.15) is 13.2 Å². The quantitative estimate of drug-likeness (QED) is 0.627. The van der Waals surface area contributed by atoms with Crippen LogP contribution in [0.15, 0.2) is 54.9 Å². The molecule has 2 aromatic rings. The Morgan fingerprint density at radius 2 is 1.80 bits per heavy atom. The lowest BCUT2D eigenvalue weighted by atomic mass is 10.1. The van der Waals surface area contributed by atoms with Crippen molar-refractivity contribution in [2.75, 3.05) is 0 Å². The van der Waals surface area contributed by atoms with Crippen LogP contribution in [0.1, 0.15) is 21.5 Å². The predicted molar refractivity (Wildman–Crippen MR) is 69.0 cm³/mol. The van der Waals surface area contributed by atoms with Crippen LogP contribution in [-0.2, 0) is 6.18 Å². The largest absolute Gasteiger partial charge is 0.416 e. The zero-order valence-corrected chi connectivity index (χ0v) is 10.3. The molecule has 2 nitrogen and oxygen atoms in total. The number of hydrogen-bond donors (Lipinski definition) is 0. The fourth-order valence-corrected chi connectivity index (χ4v) is 1.56. The van der Waals surface area contributed by atoms with E-state index in [2.05, 4.69) is 4.98 Å². The van der Waals surface area contributed by atoms with E-state index in [1.165, 1.54) is 30.5 Å². The van der Waals surface area contributed by atoms with E-state index in [0.717, 1.165) is 12.1 Å². The molecule has 0 saturated carbocycles. The van der Waals surface area contributed by atoms with Crippen molar-refractivity contribution in [3.05, 3.63) is 71.6 Å². The highest BCUT2D eigenvalue weighted by Gasteiger charge is 2.29. The van der Waals surface area contributed by atoms with Gasteiger partial charge < -0.3 is 0 Å². The van der Waals surface area contributed by atoms with Gasteiger partial charge in [0.1, 0.15) is 0 Å². The maximum atomic E-state index is 12.4. The van der Waals surface area contributed by atoms with E-state index in [4.69, 9.17) is 0 Å². The van der Waals surface area contributed by atoms with Crippen LogP contribution in [0.3, 0.4) is 0 Å². The number of alkyl halides is 3. The summed E-state index contributed by atoms with van der Waals surface area (Å²) in [5.74, 6) is -0.252. The lowest BCUT2D eigenvalue weighted by Gasteiger charge is -2.05. The highest BCUT2D eigenvalue weighted by molar-refractivity contribution is 6.06. The van der Waals surface area contributed by atoms with Gasteiger partial charge >= 0.3 is 6.18 Å². The average molecular weight is 277 g/mol. The monoisotopic (exact) mass is 277 g/mol. The highest BCUT2D eigenvalue weighted by Crippen LogP contribution is 2.29. The summed E-state index contributed by atoms with van der Waals surface area (Å²) in [5, 5.41) is 0. The van der Waals surface area contributed by atoms with Crippen molar-refractivity contribution >= 4 is 11.9 Å². The van der Waals surface area contributed by atoms with Crippen LogP contribution in [0.5, 0.6) is 0 Å². The van der Waals surface area contributed by atoms with Crippen LogP contribution >= 0.6 is 0 Å². The third kappa shape index (κ3) is 3.54. The number of carbonyl (C=O) groups is 1. The highest BCUT2D eigenvalue weighted by atomic mass is 19.4. The van der Waals surface area contributed by atoms with Crippen molar-refractivity contribution in [2.45, 2.75) is 6.18 Å². The smallest absolute Gasteiger partial charge is 0.289 e. The molecular weight excluding hydrogens is 267 g/mol. The third-order valence-electron chi connectivity index (χ3n) is 2.61. The fraction of sp³-hybridized carbons (Fsp3) is 0.0667. The SMILES string of the molecule is O=C(/C=C/c1ccc(C(F)(F)F)cc1)c1cccnc1. The number of halogens is 3. The van der Waals surface area contributed by atoms with Gasteiger partial charge in [0.2, 0.25) is 0 Å². The molecule has 0 spiro atoms. The molecule has 0 fully saturated rings. The van der Waals surface area contributed by atoms with Gasteiger partial charge in [-0.25, -0.2) is 0 Å². The molecule has 0 N–H and O–H groups in total. The molecule has 20 heavy (non-hydrogen) atoms. The first-order valence-electron chi connectivity index (χ1n) is 5.76. The number of carbonyl (C=O) groups excluding carboxylic acids is 1. The van der Waals surface area contributed by atoms with Crippen LogP contribution in [0, 0.1) is 0 Å². The van der Waals surface area contributed by atoms with Gasteiger partial charge in [0.25, 0.3) is 0 Å². The molecule has 1 aromatic carbocycles. The van der Waals surface area contributed by atoms with E-state index < -0.39 is 11.7 Å². The molecule has 2 rings (SSSR count). The third-order valence-corrected chi connectivity index (χ3v) is 2.61. The molecule has 0 aliphatic carbocycles. The summed E-state index contributed by atoms with van der Waals surface area (Å²) in [6.45, 7) is 0. The van der Waals surface area contributed by atoms with Crippen LogP contribution in [0.2, 0.25) is 0 Å². The van der Waals surface area contributed by atoms with Gasteiger partial charge in [-0.3, -0.25) is 9.78 Å². The van der Waals surface area contributed by atoms with Crippen LogP contribution < -0.4 is 0 Å². The predicted octanol–water partition coefficient (Wildman–Crippen LogP) is 4.00. The van der Waals surface area contributed by atoms with Crippen LogP contribution in [0.4, 0.5) is 13.2 Å². The van der Waals surface area contributed by atoms with E-state index in [9.17, 15) is 18.0 Å². The van der Waals surface area contributed by atoms with Crippen molar-refractivity contribution in [3.8, 4) is 0 Å². The summed E-state index contributed by atoms with van der Waals surface area (Å²) >= 11 is 0. The number of hydrogen-bond acceptors (Lipinski definition) is 2. The Balaban J connectivity index is 2.11. The summed E-state index contributed by atoms with van der Waals surface area (Å²) in [5.41, 5.74) is 0.235. The maximum absolute atomic E-state index is 12.4. The number of aromatic nitrogens is 1. The number of pyridine rings is 1. The van der Waals surface area contributed by atoms with Crippen LogP contribution in [-0.4, -0.2) is 10.8 Å². The number of allylic oxidation sites excluding steroid dienone is 1. The lowest BCUT2D eigenvalue weighted by Crippen LogP contribution is -2.04. The topological polar surface area (TPSA) is 30.0 Å². The normalized spacial score (nSPS) is 11.8. The Morgan fingerprint density at radius 1 is 1.10 bits per heavy atom. The lowest BCUT2D eigenvalue weighted by molar-refractivity contribution is -0.137. The Morgan fingerprint density at radius 3 is 2.35 bits per heavy atom. The van der Waals surface area contributed by atoms with Crippen molar-refractivity contribution in [1.29, 1.82) is 0 Å². The number of benzene rings is 1. The molecule has 0 aliphatic heterocycles. The second-order valence-electron chi connectivity index (χ2n) is 4.06. The van der Waals surface area contributed by atoms with Gasteiger partial charge in [0.15, 0.2) is 5.78 Å². The number of ketones is 1. The molecule has 0 saturated heterocycles. The Labute approximate surface area is 113 Å². The number of rotatable bonds is 3. The van der Waals surface area contributed by atoms with Crippen molar-refractivity contribution in [1.82, 2.24) is 4.98 Å². The zero-order valence-electron chi connectivity index (χ0n) is 10.3. The summed E-state index contributed by atoms with van der Waals surface area (Å²) in [6.07, 6.45) is 1.40. The van der Waals surface area contributed by atoms with E-state index in [-0.39, 0.29) is 5.78 Å². The van der Waals surface area contributed by atoms with Gasteiger partial charge in [-0.05, 0) is 35.9 Å². The van der Waals surface area contributed by atoms with Gasteiger partial charge in [-0.1, -0.05) is 18.2 Å². The second kappa shape index (κ2) is 5.69. The molecular formula is C15H10F3NO. The minimum Gasteiger partial charge on any atom is -0.289 e. The Hall–Kier alpha value is -2.43. The molecule has 1 heterocycles. The standard InChI is InChI=1S/C15H10F3NO/c16-15(17,18)13-6-3-11(4-7-13)5-8-14(20)12-2-1-9-19-10-12/h1-10H/b8-5+. The molecule has 0 bridgehead atoms. The first-order chi connectivity index (χ1) is 9.47. The second-order valence-corrected chi connectivity index (χ2v) is 4.06. The van der Waals surface area contributed by atoms with Crippen molar-refractivity contribution in [2.24, 2.45) is 0 Å². The first-order valence-corrected chi connectivity index (χ1v) is 5.76. The maximum Gasteiger partial charge on any atom is 0.416 e. The molecule has 0 radical (unpaired) electrons. The van der Waals surface area contributed by atoms with Crippen molar-refractivity contribution in [3.63, 3.8) is 0 Å². The summed E-state index contributed by atoms with van der Waals surface area (Å²) < 4.78 is 37.1. The molecule has 0 aliphatic rings.